The number of carbonyl (C=O) groups excluding carboxylic acids is 1. The molecule has 1 saturated carbocycles. The summed E-state index contributed by atoms with van der Waals surface area (Å²) in [6.45, 7) is 0. The van der Waals surface area contributed by atoms with Crippen molar-refractivity contribution in [3.63, 3.8) is 0 Å². The molecule has 1 rings (SSSR count). The Balaban J connectivity index is 2.21. The second-order valence-electron chi connectivity index (χ2n) is 4.03. The van der Waals surface area contributed by atoms with Gasteiger partial charge in [0.1, 0.15) is 5.78 Å². The van der Waals surface area contributed by atoms with Crippen LogP contribution in [0.5, 0.6) is 0 Å². The van der Waals surface area contributed by atoms with Crippen LogP contribution in [0.1, 0.15) is 44.9 Å². The lowest BCUT2D eigenvalue weighted by molar-refractivity contribution is -0.117. The van der Waals surface area contributed by atoms with Gasteiger partial charge in [0.05, 0.1) is 5.75 Å². The molecule has 0 unspecified atom stereocenters. The molecule has 1 aliphatic carbocycles. The van der Waals surface area contributed by atoms with E-state index in [0.717, 1.165) is 12.2 Å². The number of rotatable bonds is 4. The Morgan fingerprint density at radius 3 is 2.38 bits per heavy atom. The number of hydrogen-bond donors (Lipinski definition) is 0. The molecular formula is C11H20OS. The lowest BCUT2D eigenvalue weighted by atomic mass is 9.95. The highest BCUT2D eigenvalue weighted by Gasteiger charge is 2.15. The van der Waals surface area contributed by atoms with E-state index in [9.17, 15) is 4.79 Å². The van der Waals surface area contributed by atoms with Crippen LogP contribution in [0.25, 0.3) is 0 Å². The maximum Gasteiger partial charge on any atom is 0.143 e. The molecule has 0 heterocycles. The molecule has 0 saturated heterocycles. The van der Waals surface area contributed by atoms with Gasteiger partial charge in [-0.2, -0.15) is 11.8 Å². The molecule has 1 nitrogen and oxygen atoms in total. The van der Waals surface area contributed by atoms with E-state index in [2.05, 4.69) is 0 Å². The third kappa shape index (κ3) is 4.70. The number of ketones is 1. The van der Waals surface area contributed by atoms with Gasteiger partial charge >= 0.3 is 0 Å². The Labute approximate surface area is 85.7 Å². The molecule has 76 valence electrons. The van der Waals surface area contributed by atoms with Gasteiger partial charge in [-0.25, -0.2) is 0 Å². The molecule has 0 aromatic carbocycles. The molecule has 0 radical (unpaired) electrons. The monoisotopic (exact) mass is 200 g/mol. The lowest BCUT2D eigenvalue weighted by Gasteiger charge is -2.11. The van der Waals surface area contributed by atoms with Crippen LogP contribution in [-0.2, 0) is 4.79 Å². The van der Waals surface area contributed by atoms with Crippen molar-refractivity contribution < 1.29 is 4.79 Å². The Hall–Kier alpha value is 0.0200. The number of hydrogen-bond acceptors (Lipinski definition) is 2. The standard InChI is InChI=1S/C11H20OS/c1-13-9-11(12)8-10-6-4-2-3-5-7-10/h10H,2-9H2,1H3. The minimum absolute atomic E-state index is 0.458. The molecule has 0 N–H and O–H groups in total. The second kappa shape index (κ2) is 6.47. The third-order valence-corrected chi connectivity index (χ3v) is 3.41. The van der Waals surface area contributed by atoms with Gasteiger partial charge in [0.25, 0.3) is 0 Å². The molecule has 13 heavy (non-hydrogen) atoms. The van der Waals surface area contributed by atoms with Crippen molar-refractivity contribution in [1.29, 1.82) is 0 Å². The second-order valence-corrected chi connectivity index (χ2v) is 4.90. The largest absolute Gasteiger partial charge is 0.299 e. The Morgan fingerprint density at radius 1 is 1.23 bits per heavy atom. The Morgan fingerprint density at radius 2 is 1.85 bits per heavy atom. The fourth-order valence-corrected chi connectivity index (χ4v) is 2.55. The molecule has 0 spiro atoms. The number of Topliss-reactive ketones (excluding diaryl/α,β-unsaturated/α-hetero) is 1. The average Bonchev–Trinajstić information content (AvgIpc) is 2.33. The average molecular weight is 200 g/mol. The summed E-state index contributed by atoms with van der Waals surface area (Å²) in [6, 6.07) is 0. The van der Waals surface area contributed by atoms with Crippen molar-refractivity contribution in [1.82, 2.24) is 0 Å². The Bertz CT molecular complexity index is 148. The van der Waals surface area contributed by atoms with Gasteiger partial charge in [-0.15, -0.1) is 0 Å². The van der Waals surface area contributed by atoms with Crippen LogP contribution >= 0.6 is 11.8 Å². The maximum atomic E-state index is 11.4. The normalized spacial score (nSPS) is 19.8. The highest BCUT2D eigenvalue weighted by molar-refractivity contribution is 7.99. The molecule has 0 bridgehead atoms. The summed E-state index contributed by atoms with van der Waals surface area (Å²) in [6.07, 6.45) is 10.9. The van der Waals surface area contributed by atoms with E-state index in [0.29, 0.717) is 11.7 Å². The summed E-state index contributed by atoms with van der Waals surface area (Å²) in [5.41, 5.74) is 0. The third-order valence-electron chi connectivity index (χ3n) is 2.80. The number of thioether (sulfide) groups is 1. The number of carbonyl (C=O) groups is 1. The van der Waals surface area contributed by atoms with Gasteiger partial charge in [-0.05, 0) is 12.2 Å². The highest BCUT2D eigenvalue weighted by atomic mass is 32.2. The summed E-state index contributed by atoms with van der Waals surface area (Å²) in [4.78, 5) is 11.4. The zero-order valence-corrected chi connectivity index (χ0v) is 9.37. The summed E-state index contributed by atoms with van der Waals surface area (Å²) >= 11 is 1.65. The van der Waals surface area contributed by atoms with E-state index in [-0.39, 0.29) is 0 Å². The van der Waals surface area contributed by atoms with Crippen LogP contribution in [0.4, 0.5) is 0 Å². The molecule has 2 heteroatoms. The first-order valence-electron chi connectivity index (χ1n) is 5.33. The predicted octanol–water partition coefficient (Wildman–Crippen LogP) is 3.28. The minimum atomic E-state index is 0.458. The molecule has 0 amide bonds. The van der Waals surface area contributed by atoms with Crippen LogP contribution in [0.3, 0.4) is 0 Å². The molecule has 0 aromatic heterocycles. The van der Waals surface area contributed by atoms with E-state index < -0.39 is 0 Å². The molecule has 1 fully saturated rings. The fourth-order valence-electron chi connectivity index (χ4n) is 2.11. The van der Waals surface area contributed by atoms with Crippen molar-refractivity contribution in [3.05, 3.63) is 0 Å². The molecule has 0 aromatic rings. The zero-order chi connectivity index (χ0) is 9.52. The van der Waals surface area contributed by atoms with Crippen molar-refractivity contribution in [3.8, 4) is 0 Å². The zero-order valence-electron chi connectivity index (χ0n) is 8.55. The molecule has 0 atom stereocenters. The minimum Gasteiger partial charge on any atom is -0.299 e. The van der Waals surface area contributed by atoms with Gasteiger partial charge in [-0.3, -0.25) is 4.79 Å². The van der Waals surface area contributed by atoms with E-state index in [1.807, 2.05) is 6.26 Å². The fraction of sp³-hybridized carbons (Fsp3) is 0.909. The predicted molar refractivity (Wildman–Crippen MR) is 59.2 cm³/mol. The van der Waals surface area contributed by atoms with Gasteiger partial charge in [0.2, 0.25) is 0 Å². The van der Waals surface area contributed by atoms with Gasteiger partial charge < -0.3 is 0 Å². The first-order valence-corrected chi connectivity index (χ1v) is 6.73. The summed E-state index contributed by atoms with van der Waals surface area (Å²) in [7, 11) is 0. The van der Waals surface area contributed by atoms with Crippen molar-refractivity contribution in [2.24, 2.45) is 5.92 Å². The first-order chi connectivity index (χ1) is 6.33. The lowest BCUT2D eigenvalue weighted by Crippen LogP contribution is -2.09. The topological polar surface area (TPSA) is 17.1 Å². The van der Waals surface area contributed by atoms with Crippen molar-refractivity contribution in [2.75, 3.05) is 12.0 Å². The molecular weight excluding hydrogens is 180 g/mol. The van der Waals surface area contributed by atoms with Crippen molar-refractivity contribution in [2.45, 2.75) is 44.9 Å². The van der Waals surface area contributed by atoms with Crippen LogP contribution in [0.2, 0.25) is 0 Å². The van der Waals surface area contributed by atoms with Crippen LogP contribution < -0.4 is 0 Å². The molecule has 0 aliphatic heterocycles. The van der Waals surface area contributed by atoms with Crippen LogP contribution in [0.15, 0.2) is 0 Å². The van der Waals surface area contributed by atoms with Crippen LogP contribution in [0, 0.1) is 5.92 Å². The highest BCUT2D eigenvalue weighted by Crippen LogP contribution is 2.25. The van der Waals surface area contributed by atoms with Crippen LogP contribution in [-0.4, -0.2) is 17.8 Å². The summed E-state index contributed by atoms with van der Waals surface area (Å²) < 4.78 is 0. The van der Waals surface area contributed by atoms with E-state index >= 15 is 0 Å². The van der Waals surface area contributed by atoms with E-state index in [1.165, 1.54) is 38.5 Å². The quantitative estimate of drug-likeness (QED) is 0.648. The van der Waals surface area contributed by atoms with Gasteiger partial charge in [0, 0.05) is 6.42 Å². The van der Waals surface area contributed by atoms with E-state index in [1.54, 1.807) is 11.8 Å². The van der Waals surface area contributed by atoms with Gasteiger partial charge in [0.15, 0.2) is 0 Å². The SMILES string of the molecule is CSCC(=O)CC1CCCCCC1. The maximum absolute atomic E-state index is 11.4. The Kier molecular flexibility index (Phi) is 5.52. The first kappa shape index (κ1) is 11.1. The van der Waals surface area contributed by atoms with Crippen molar-refractivity contribution >= 4 is 17.5 Å². The van der Waals surface area contributed by atoms with Gasteiger partial charge in [-0.1, -0.05) is 38.5 Å². The van der Waals surface area contributed by atoms with E-state index in [4.69, 9.17) is 0 Å². The smallest absolute Gasteiger partial charge is 0.143 e. The summed E-state index contributed by atoms with van der Waals surface area (Å²) in [5, 5.41) is 0. The summed E-state index contributed by atoms with van der Waals surface area (Å²) in [5.74, 6) is 1.89. The molecule has 1 aliphatic rings.